The smallest absolute Gasteiger partial charge is 0.410 e. The van der Waals surface area contributed by atoms with Gasteiger partial charge in [-0.3, -0.25) is 0 Å². The van der Waals surface area contributed by atoms with Gasteiger partial charge in [0, 0.05) is 13.1 Å². The van der Waals surface area contributed by atoms with Crippen LogP contribution < -0.4 is 15.4 Å². The fourth-order valence-electron chi connectivity index (χ4n) is 2.04. The van der Waals surface area contributed by atoms with E-state index in [1.807, 2.05) is 20.9 Å². The van der Waals surface area contributed by atoms with Crippen LogP contribution in [-0.4, -0.2) is 47.3 Å². The van der Waals surface area contributed by atoms with Crippen LogP contribution in [0.3, 0.4) is 0 Å². The zero-order chi connectivity index (χ0) is 15.7. The Morgan fingerprint density at radius 2 is 1.81 bits per heavy atom. The minimum Gasteiger partial charge on any atom is -0.410 e. The summed E-state index contributed by atoms with van der Waals surface area (Å²) in [5, 5.41) is 5.67. The molecular formula is C15H25BN2O3. The molecule has 2 N–H and O–H groups in total. The van der Waals surface area contributed by atoms with Gasteiger partial charge in [-0.15, -0.1) is 0 Å². The Labute approximate surface area is 127 Å². The molecule has 0 heterocycles. The number of likely N-dealkylation sites (N-methyl/N-ethyl adjacent to an activating group) is 1. The van der Waals surface area contributed by atoms with E-state index in [4.69, 9.17) is 9.47 Å². The van der Waals surface area contributed by atoms with E-state index < -0.39 is 6.09 Å². The molecule has 1 aromatic carbocycles. The molecule has 1 aromatic rings. The summed E-state index contributed by atoms with van der Waals surface area (Å²) in [5.41, 5.74) is 3.20. The lowest BCUT2D eigenvalue weighted by atomic mass is 9.94. The highest BCUT2D eigenvalue weighted by Gasteiger charge is 2.10. The molecule has 0 spiro atoms. The second kappa shape index (κ2) is 9.42. The molecule has 6 heteroatoms. The molecule has 0 saturated carbocycles. The molecule has 0 atom stereocenters. The van der Waals surface area contributed by atoms with Gasteiger partial charge < -0.3 is 20.1 Å². The molecule has 0 radical (unpaired) electrons. The number of ether oxygens (including phenoxy) is 2. The zero-order valence-electron chi connectivity index (χ0n) is 13.4. The molecular weight excluding hydrogens is 267 g/mol. The summed E-state index contributed by atoms with van der Waals surface area (Å²) in [5.74, 6) is 0.640. The summed E-state index contributed by atoms with van der Waals surface area (Å²) in [4.78, 5) is 11.8. The highest BCUT2D eigenvalue weighted by molar-refractivity contribution is 6.08. The van der Waals surface area contributed by atoms with Crippen molar-refractivity contribution in [1.29, 1.82) is 0 Å². The van der Waals surface area contributed by atoms with Crippen LogP contribution in [0.1, 0.15) is 16.7 Å². The van der Waals surface area contributed by atoms with E-state index in [0.717, 1.165) is 24.0 Å². The van der Waals surface area contributed by atoms with Gasteiger partial charge in [0.05, 0.1) is 13.2 Å². The quantitative estimate of drug-likeness (QED) is 0.548. The SMILES string of the molecule is BCc1cc(C)c(OC(=O)NCCOCCNC)c(C)c1. The topological polar surface area (TPSA) is 59.6 Å². The van der Waals surface area contributed by atoms with Gasteiger partial charge in [0.2, 0.25) is 0 Å². The minimum atomic E-state index is -0.442. The average Bonchev–Trinajstić information content (AvgIpc) is 2.46. The lowest BCUT2D eigenvalue weighted by molar-refractivity contribution is 0.136. The first-order chi connectivity index (χ1) is 10.1. The van der Waals surface area contributed by atoms with Gasteiger partial charge in [-0.1, -0.05) is 24.0 Å². The lowest BCUT2D eigenvalue weighted by Crippen LogP contribution is -2.31. The van der Waals surface area contributed by atoms with Crippen molar-refractivity contribution in [3.63, 3.8) is 0 Å². The maximum absolute atomic E-state index is 11.8. The molecule has 0 bridgehead atoms. The van der Waals surface area contributed by atoms with E-state index >= 15 is 0 Å². The van der Waals surface area contributed by atoms with E-state index in [1.54, 1.807) is 0 Å². The second-order valence-corrected chi connectivity index (χ2v) is 4.94. The normalized spacial score (nSPS) is 10.4. The van der Waals surface area contributed by atoms with Crippen LogP contribution in [0.15, 0.2) is 12.1 Å². The van der Waals surface area contributed by atoms with E-state index in [-0.39, 0.29) is 0 Å². The van der Waals surface area contributed by atoms with Crippen molar-refractivity contribution in [2.24, 2.45) is 0 Å². The number of rotatable bonds is 8. The number of benzene rings is 1. The monoisotopic (exact) mass is 292 g/mol. The Morgan fingerprint density at radius 1 is 1.19 bits per heavy atom. The molecule has 0 saturated heterocycles. The Bertz CT molecular complexity index is 443. The van der Waals surface area contributed by atoms with Crippen LogP contribution in [0.5, 0.6) is 5.75 Å². The fourth-order valence-corrected chi connectivity index (χ4v) is 2.04. The zero-order valence-corrected chi connectivity index (χ0v) is 13.4. The second-order valence-electron chi connectivity index (χ2n) is 4.94. The van der Waals surface area contributed by atoms with Crippen molar-refractivity contribution in [3.05, 3.63) is 28.8 Å². The molecule has 1 rings (SSSR count). The molecule has 0 aliphatic carbocycles. The first kappa shape index (κ1) is 17.5. The highest BCUT2D eigenvalue weighted by Crippen LogP contribution is 2.24. The van der Waals surface area contributed by atoms with Crippen LogP contribution in [-0.2, 0) is 11.1 Å². The summed E-state index contributed by atoms with van der Waals surface area (Å²) in [6.07, 6.45) is 0.528. The molecule has 0 unspecified atom stereocenters. The highest BCUT2D eigenvalue weighted by atomic mass is 16.6. The maximum atomic E-state index is 11.8. The number of carbonyl (C=O) groups is 1. The van der Waals surface area contributed by atoms with Crippen molar-refractivity contribution in [1.82, 2.24) is 10.6 Å². The summed E-state index contributed by atoms with van der Waals surface area (Å²) in [6.45, 7) is 6.25. The fraction of sp³-hybridized carbons (Fsp3) is 0.533. The molecule has 5 nitrogen and oxygen atoms in total. The van der Waals surface area contributed by atoms with Crippen LogP contribution in [0.2, 0.25) is 0 Å². The number of nitrogens with one attached hydrogen (secondary N) is 2. The van der Waals surface area contributed by atoms with Crippen molar-refractivity contribution in [3.8, 4) is 5.75 Å². The predicted molar refractivity (Wildman–Crippen MR) is 86.9 cm³/mol. The molecule has 21 heavy (non-hydrogen) atoms. The van der Waals surface area contributed by atoms with E-state index in [9.17, 15) is 4.79 Å². The van der Waals surface area contributed by atoms with Crippen LogP contribution in [0, 0.1) is 13.8 Å². The maximum Gasteiger partial charge on any atom is 0.412 e. The summed E-state index contributed by atoms with van der Waals surface area (Å²) in [6, 6.07) is 4.10. The minimum absolute atomic E-state index is 0.438. The van der Waals surface area contributed by atoms with Gasteiger partial charge in [0.25, 0.3) is 0 Å². The van der Waals surface area contributed by atoms with Crippen molar-refractivity contribution < 1.29 is 14.3 Å². The first-order valence-corrected chi connectivity index (χ1v) is 7.36. The van der Waals surface area contributed by atoms with Crippen molar-refractivity contribution in [2.45, 2.75) is 20.2 Å². The van der Waals surface area contributed by atoms with Gasteiger partial charge in [-0.05, 0) is 32.0 Å². The van der Waals surface area contributed by atoms with Crippen LogP contribution >= 0.6 is 0 Å². The third kappa shape index (κ3) is 6.18. The summed E-state index contributed by atoms with van der Waals surface area (Å²) < 4.78 is 10.7. The van der Waals surface area contributed by atoms with Gasteiger partial charge >= 0.3 is 6.09 Å². The van der Waals surface area contributed by atoms with Crippen LogP contribution in [0.4, 0.5) is 4.79 Å². The Kier molecular flexibility index (Phi) is 7.86. The molecule has 0 fully saturated rings. The van der Waals surface area contributed by atoms with Gasteiger partial charge in [-0.25, -0.2) is 4.79 Å². The van der Waals surface area contributed by atoms with Crippen molar-refractivity contribution in [2.75, 3.05) is 33.4 Å². The first-order valence-electron chi connectivity index (χ1n) is 7.36. The summed E-state index contributed by atoms with van der Waals surface area (Å²) in [7, 11) is 3.98. The molecule has 1 amide bonds. The molecule has 116 valence electrons. The van der Waals surface area contributed by atoms with E-state index in [2.05, 4.69) is 30.6 Å². The molecule has 0 aliphatic rings. The number of carbonyl (C=O) groups excluding carboxylic acids is 1. The average molecular weight is 292 g/mol. The molecule has 0 aromatic heterocycles. The van der Waals surface area contributed by atoms with Crippen molar-refractivity contribution >= 4 is 13.9 Å². The Balaban J connectivity index is 2.41. The number of hydrogen-bond acceptors (Lipinski definition) is 4. The van der Waals surface area contributed by atoms with Gasteiger partial charge in [0.15, 0.2) is 0 Å². The van der Waals surface area contributed by atoms with Gasteiger partial charge in [0.1, 0.15) is 13.6 Å². The predicted octanol–water partition coefficient (Wildman–Crippen LogP) is 0.761. The number of aryl methyl sites for hydroxylation is 2. The van der Waals surface area contributed by atoms with Gasteiger partial charge in [-0.2, -0.15) is 0 Å². The Morgan fingerprint density at radius 3 is 2.38 bits per heavy atom. The van der Waals surface area contributed by atoms with E-state index in [0.29, 0.717) is 25.5 Å². The Hall–Kier alpha value is -1.53. The molecule has 0 aliphatic heterocycles. The standard InChI is InChI=1S/C15H25BN2O3/c1-11-8-13(10-16)9-12(2)14(11)21-15(19)18-5-7-20-6-4-17-3/h8-9,17H,4-7,10,16H2,1-3H3,(H,18,19). The summed E-state index contributed by atoms with van der Waals surface area (Å²) >= 11 is 0. The lowest BCUT2D eigenvalue weighted by Gasteiger charge is -2.13. The third-order valence-corrected chi connectivity index (χ3v) is 3.14. The van der Waals surface area contributed by atoms with Crippen LogP contribution in [0.25, 0.3) is 0 Å². The number of amides is 1. The van der Waals surface area contributed by atoms with E-state index in [1.165, 1.54) is 5.56 Å². The largest absolute Gasteiger partial charge is 0.412 e. The third-order valence-electron chi connectivity index (χ3n) is 3.14. The number of hydrogen-bond donors (Lipinski definition) is 2.